The summed E-state index contributed by atoms with van der Waals surface area (Å²) in [5, 5.41) is 0. The minimum absolute atomic E-state index is 0.0247. The summed E-state index contributed by atoms with van der Waals surface area (Å²) in [6.07, 6.45) is 1.40. The number of rotatable bonds is 0. The monoisotopic (exact) mass is 176 g/mol. The highest BCUT2D eigenvalue weighted by Gasteiger charge is 2.32. The molecule has 12 heavy (non-hydrogen) atoms. The first-order chi connectivity index (χ1) is 5.50. The number of allylic oxidation sites excluding steroid dienone is 4. The second-order valence-corrected chi connectivity index (χ2v) is 3.08. The zero-order valence-electron chi connectivity index (χ0n) is 6.86. The van der Waals surface area contributed by atoms with Crippen molar-refractivity contribution in [3.63, 3.8) is 0 Å². The minimum atomic E-state index is -4.19. The van der Waals surface area contributed by atoms with E-state index in [1.54, 1.807) is 13.0 Å². The van der Waals surface area contributed by atoms with Crippen LogP contribution in [0.3, 0.4) is 0 Å². The van der Waals surface area contributed by atoms with E-state index in [1.807, 2.05) is 0 Å². The molecule has 0 radical (unpaired) electrons. The summed E-state index contributed by atoms with van der Waals surface area (Å²) in [6.45, 7) is 1.80. The first-order valence-corrected chi connectivity index (χ1v) is 3.95. The molecule has 1 aliphatic rings. The van der Waals surface area contributed by atoms with Crippen molar-refractivity contribution in [2.45, 2.75) is 25.9 Å². The summed E-state index contributed by atoms with van der Waals surface area (Å²) in [5.74, 6) is 0.0247. The molecule has 68 valence electrons. The zero-order chi connectivity index (χ0) is 9.19. The lowest BCUT2D eigenvalue weighted by atomic mass is 10.1. The smallest absolute Gasteiger partial charge is 0.166 e. The van der Waals surface area contributed by atoms with Gasteiger partial charge < -0.3 is 0 Å². The third-order valence-corrected chi connectivity index (χ3v) is 1.88. The summed E-state index contributed by atoms with van der Waals surface area (Å²) in [5.41, 5.74) is -0.507. The maximum atomic E-state index is 12.2. The molecule has 0 spiro atoms. The van der Waals surface area contributed by atoms with E-state index in [9.17, 15) is 13.2 Å². The Kier molecular flexibility index (Phi) is 2.60. The lowest BCUT2D eigenvalue weighted by Gasteiger charge is -2.08. The average Bonchev–Trinajstić information content (AvgIpc) is 2.11. The van der Waals surface area contributed by atoms with Gasteiger partial charge >= 0.3 is 6.18 Å². The van der Waals surface area contributed by atoms with Gasteiger partial charge in [0.15, 0.2) is 0 Å². The topological polar surface area (TPSA) is 0 Å². The Morgan fingerprint density at radius 3 is 2.67 bits per heavy atom. The van der Waals surface area contributed by atoms with Crippen LogP contribution in [0.5, 0.6) is 0 Å². The van der Waals surface area contributed by atoms with E-state index in [-0.39, 0.29) is 5.92 Å². The summed E-state index contributed by atoms with van der Waals surface area (Å²) in [7, 11) is 0. The first-order valence-electron chi connectivity index (χ1n) is 3.95. The first kappa shape index (κ1) is 9.36. The third kappa shape index (κ3) is 2.40. The Balaban J connectivity index is 2.85. The molecule has 1 aliphatic carbocycles. The summed E-state index contributed by atoms with van der Waals surface area (Å²) >= 11 is 0. The van der Waals surface area contributed by atoms with Gasteiger partial charge in [-0.25, -0.2) is 0 Å². The molecule has 0 N–H and O–H groups in total. The highest BCUT2D eigenvalue weighted by atomic mass is 19.4. The van der Waals surface area contributed by atoms with Crippen LogP contribution in [-0.2, 0) is 0 Å². The van der Waals surface area contributed by atoms with Crippen LogP contribution in [0.2, 0.25) is 0 Å². The largest absolute Gasteiger partial charge is 0.416 e. The Morgan fingerprint density at radius 1 is 1.42 bits per heavy atom. The normalized spacial score (nSPS) is 25.0. The average molecular weight is 176 g/mol. The molecule has 0 aromatic carbocycles. The molecule has 0 aromatic rings. The van der Waals surface area contributed by atoms with Crippen molar-refractivity contribution >= 4 is 0 Å². The van der Waals surface area contributed by atoms with Gasteiger partial charge in [0, 0.05) is 0 Å². The van der Waals surface area contributed by atoms with E-state index in [0.717, 1.165) is 12.8 Å². The molecular formula is C9H11F3. The fourth-order valence-electron chi connectivity index (χ4n) is 1.20. The van der Waals surface area contributed by atoms with Gasteiger partial charge in [-0.2, -0.15) is 13.2 Å². The van der Waals surface area contributed by atoms with Gasteiger partial charge in [-0.05, 0) is 18.8 Å². The van der Waals surface area contributed by atoms with E-state index < -0.39 is 11.7 Å². The molecular weight excluding hydrogens is 165 g/mol. The van der Waals surface area contributed by atoms with Crippen LogP contribution >= 0.6 is 0 Å². The SMILES string of the molecule is CC1C=C(C(F)(F)F)C=CCC1. The van der Waals surface area contributed by atoms with E-state index >= 15 is 0 Å². The fraction of sp³-hybridized carbons (Fsp3) is 0.556. The Bertz CT molecular complexity index is 210. The van der Waals surface area contributed by atoms with Crippen molar-refractivity contribution in [3.8, 4) is 0 Å². The van der Waals surface area contributed by atoms with E-state index in [4.69, 9.17) is 0 Å². The molecule has 3 heteroatoms. The Hall–Kier alpha value is -0.730. The maximum Gasteiger partial charge on any atom is 0.416 e. The standard InChI is InChI=1S/C9H11F3/c1-7-4-2-3-5-8(6-7)9(10,11)12/h3,5-7H,2,4H2,1H3. The third-order valence-electron chi connectivity index (χ3n) is 1.88. The number of alkyl halides is 3. The predicted octanol–water partition coefficient (Wildman–Crippen LogP) is 3.46. The molecule has 1 unspecified atom stereocenters. The Labute approximate surface area is 69.8 Å². The number of hydrogen-bond acceptors (Lipinski definition) is 0. The number of hydrogen-bond donors (Lipinski definition) is 0. The van der Waals surface area contributed by atoms with E-state index in [2.05, 4.69) is 0 Å². The molecule has 0 saturated carbocycles. The van der Waals surface area contributed by atoms with Crippen molar-refractivity contribution in [1.29, 1.82) is 0 Å². The molecule has 0 nitrogen and oxygen atoms in total. The van der Waals surface area contributed by atoms with Gasteiger partial charge in [-0.1, -0.05) is 25.2 Å². The van der Waals surface area contributed by atoms with E-state index in [0.29, 0.717) is 0 Å². The van der Waals surface area contributed by atoms with Crippen molar-refractivity contribution in [3.05, 3.63) is 23.8 Å². The molecule has 0 aromatic heterocycles. The molecule has 0 saturated heterocycles. The van der Waals surface area contributed by atoms with Crippen molar-refractivity contribution in [1.82, 2.24) is 0 Å². The second kappa shape index (κ2) is 3.33. The zero-order valence-corrected chi connectivity index (χ0v) is 6.86. The fourth-order valence-corrected chi connectivity index (χ4v) is 1.20. The summed E-state index contributed by atoms with van der Waals surface area (Å²) in [4.78, 5) is 0. The van der Waals surface area contributed by atoms with Gasteiger partial charge in [-0.3, -0.25) is 0 Å². The van der Waals surface area contributed by atoms with Crippen LogP contribution in [-0.4, -0.2) is 6.18 Å². The van der Waals surface area contributed by atoms with Gasteiger partial charge in [0.25, 0.3) is 0 Å². The number of halogens is 3. The second-order valence-electron chi connectivity index (χ2n) is 3.08. The van der Waals surface area contributed by atoms with Gasteiger partial charge in [0.2, 0.25) is 0 Å². The predicted molar refractivity (Wildman–Crippen MR) is 41.7 cm³/mol. The molecule has 0 heterocycles. The van der Waals surface area contributed by atoms with Crippen LogP contribution in [0.15, 0.2) is 23.8 Å². The molecule has 1 atom stereocenters. The summed E-state index contributed by atoms with van der Waals surface area (Å²) < 4.78 is 36.5. The quantitative estimate of drug-likeness (QED) is 0.530. The highest BCUT2D eigenvalue weighted by Crippen LogP contribution is 2.30. The molecule has 1 rings (SSSR count). The van der Waals surface area contributed by atoms with Gasteiger partial charge in [0.05, 0.1) is 5.57 Å². The molecule has 0 amide bonds. The molecule has 0 aliphatic heterocycles. The van der Waals surface area contributed by atoms with Crippen LogP contribution in [0.25, 0.3) is 0 Å². The van der Waals surface area contributed by atoms with Crippen LogP contribution in [0.1, 0.15) is 19.8 Å². The van der Waals surface area contributed by atoms with E-state index in [1.165, 1.54) is 12.2 Å². The molecule has 0 bridgehead atoms. The van der Waals surface area contributed by atoms with Crippen molar-refractivity contribution in [2.75, 3.05) is 0 Å². The maximum absolute atomic E-state index is 12.2. The van der Waals surface area contributed by atoms with Gasteiger partial charge in [0.1, 0.15) is 0 Å². The molecule has 0 fully saturated rings. The van der Waals surface area contributed by atoms with Crippen molar-refractivity contribution < 1.29 is 13.2 Å². The minimum Gasteiger partial charge on any atom is -0.166 e. The highest BCUT2D eigenvalue weighted by molar-refractivity contribution is 5.25. The van der Waals surface area contributed by atoms with Crippen LogP contribution in [0, 0.1) is 5.92 Å². The van der Waals surface area contributed by atoms with Crippen LogP contribution in [0.4, 0.5) is 13.2 Å². The van der Waals surface area contributed by atoms with Gasteiger partial charge in [-0.15, -0.1) is 0 Å². The van der Waals surface area contributed by atoms with Crippen LogP contribution < -0.4 is 0 Å². The summed E-state index contributed by atoms with van der Waals surface area (Å²) in [6, 6.07) is 0. The lowest BCUT2D eigenvalue weighted by Crippen LogP contribution is -2.10. The Morgan fingerprint density at radius 2 is 2.08 bits per heavy atom. The van der Waals surface area contributed by atoms with Crippen molar-refractivity contribution in [2.24, 2.45) is 5.92 Å². The lowest BCUT2D eigenvalue weighted by molar-refractivity contribution is -0.0885.